The Morgan fingerprint density at radius 3 is 2.57 bits per heavy atom. The molecule has 0 atom stereocenters. The third kappa shape index (κ3) is 3.45. The van der Waals surface area contributed by atoms with Crippen LogP contribution in [0.4, 0.5) is 15.8 Å². The van der Waals surface area contributed by atoms with Gasteiger partial charge in [0.05, 0.1) is 23.4 Å². The molecule has 0 saturated heterocycles. The zero-order valence-corrected chi connectivity index (χ0v) is 13.3. The molecule has 0 radical (unpaired) electrons. The maximum atomic E-state index is 13.6. The first-order chi connectivity index (χ1) is 9.83. The molecule has 0 amide bonds. The number of rotatable bonds is 4. The van der Waals surface area contributed by atoms with Crippen molar-refractivity contribution in [2.24, 2.45) is 0 Å². The summed E-state index contributed by atoms with van der Waals surface area (Å²) >= 11 is 3.15. The second kappa shape index (κ2) is 5.90. The minimum absolute atomic E-state index is 0.0832. The minimum atomic E-state index is -3.95. The molecular weight excluding hydrogens is 363 g/mol. The van der Waals surface area contributed by atoms with Crippen LogP contribution in [-0.4, -0.2) is 15.5 Å². The van der Waals surface area contributed by atoms with Gasteiger partial charge in [-0.3, -0.25) is 4.72 Å². The number of ether oxygens (including phenoxy) is 1. The summed E-state index contributed by atoms with van der Waals surface area (Å²) in [6.45, 7) is 0. The molecule has 5 nitrogen and oxygen atoms in total. The fourth-order valence-corrected chi connectivity index (χ4v) is 3.11. The van der Waals surface area contributed by atoms with E-state index < -0.39 is 15.8 Å². The van der Waals surface area contributed by atoms with Gasteiger partial charge in [-0.05, 0) is 36.4 Å². The molecule has 0 unspecified atom stereocenters. The highest BCUT2D eigenvalue weighted by molar-refractivity contribution is 9.10. The van der Waals surface area contributed by atoms with Gasteiger partial charge in [-0.1, -0.05) is 15.9 Å². The van der Waals surface area contributed by atoms with Crippen LogP contribution in [0, 0.1) is 5.82 Å². The number of nitrogens with two attached hydrogens (primary N) is 1. The standard InChI is InChI=1S/C13H12BrFN2O3S/c1-20-13-5-3-9(7-11(13)16)21(18,19)17-12-6-8(14)2-4-10(12)15/h2-7,17H,16H2,1H3. The van der Waals surface area contributed by atoms with E-state index >= 15 is 0 Å². The lowest BCUT2D eigenvalue weighted by atomic mass is 10.3. The molecule has 8 heteroatoms. The van der Waals surface area contributed by atoms with Crippen molar-refractivity contribution >= 4 is 37.3 Å². The Labute approximate surface area is 130 Å². The summed E-state index contributed by atoms with van der Waals surface area (Å²) in [6.07, 6.45) is 0. The highest BCUT2D eigenvalue weighted by Crippen LogP contribution is 2.27. The van der Waals surface area contributed by atoms with Crippen molar-refractivity contribution < 1.29 is 17.5 Å². The van der Waals surface area contributed by atoms with E-state index in [1.807, 2.05) is 0 Å². The fraction of sp³-hybridized carbons (Fsp3) is 0.0769. The van der Waals surface area contributed by atoms with Crippen LogP contribution in [0.15, 0.2) is 45.8 Å². The van der Waals surface area contributed by atoms with Crippen LogP contribution in [0.5, 0.6) is 5.75 Å². The third-order valence-electron chi connectivity index (χ3n) is 2.68. The van der Waals surface area contributed by atoms with E-state index in [0.717, 1.165) is 6.07 Å². The number of benzene rings is 2. The number of hydrogen-bond acceptors (Lipinski definition) is 4. The van der Waals surface area contributed by atoms with Crippen molar-refractivity contribution in [2.45, 2.75) is 4.90 Å². The number of sulfonamides is 1. The molecule has 0 aliphatic rings. The lowest BCUT2D eigenvalue weighted by Gasteiger charge is -2.11. The van der Waals surface area contributed by atoms with Gasteiger partial charge >= 0.3 is 0 Å². The average Bonchev–Trinajstić information content (AvgIpc) is 2.42. The molecule has 0 bridgehead atoms. The number of hydrogen-bond donors (Lipinski definition) is 2. The predicted octanol–water partition coefficient (Wildman–Crippen LogP) is 2.98. The molecule has 21 heavy (non-hydrogen) atoms. The van der Waals surface area contributed by atoms with E-state index in [2.05, 4.69) is 20.7 Å². The van der Waals surface area contributed by atoms with Gasteiger partial charge in [-0.15, -0.1) is 0 Å². The van der Waals surface area contributed by atoms with Gasteiger partial charge in [0.25, 0.3) is 10.0 Å². The van der Waals surface area contributed by atoms with Crippen LogP contribution < -0.4 is 15.2 Å². The minimum Gasteiger partial charge on any atom is -0.495 e. The molecule has 0 aliphatic carbocycles. The molecule has 3 N–H and O–H groups in total. The maximum Gasteiger partial charge on any atom is 0.262 e. The largest absolute Gasteiger partial charge is 0.495 e. The monoisotopic (exact) mass is 374 g/mol. The Balaban J connectivity index is 2.38. The quantitative estimate of drug-likeness (QED) is 0.806. The van der Waals surface area contributed by atoms with Gasteiger partial charge in [0.1, 0.15) is 11.6 Å². The van der Waals surface area contributed by atoms with E-state index in [1.54, 1.807) is 0 Å². The van der Waals surface area contributed by atoms with Gasteiger partial charge in [-0.25, -0.2) is 12.8 Å². The molecule has 0 aliphatic heterocycles. The molecule has 0 fully saturated rings. The average molecular weight is 375 g/mol. The predicted molar refractivity (Wildman–Crippen MR) is 82.3 cm³/mol. The van der Waals surface area contributed by atoms with Crippen LogP contribution >= 0.6 is 15.9 Å². The Hall–Kier alpha value is -1.80. The van der Waals surface area contributed by atoms with Crippen molar-refractivity contribution in [1.29, 1.82) is 0 Å². The van der Waals surface area contributed by atoms with E-state index in [-0.39, 0.29) is 16.3 Å². The number of anilines is 2. The van der Waals surface area contributed by atoms with Crippen LogP contribution in [0.2, 0.25) is 0 Å². The van der Waals surface area contributed by atoms with Gasteiger partial charge in [0, 0.05) is 4.47 Å². The Morgan fingerprint density at radius 2 is 1.95 bits per heavy atom. The first kappa shape index (κ1) is 15.6. The summed E-state index contributed by atoms with van der Waals surface area (Å²) in [7, 11) is -2.52. The molecule has 112 valence electrons. The number of methoxy groups -OCH3 is 1. The normalized spacial score (nSPS) is 11.2. The van der Waals surface area contributed by atoms with E-state index in [0.29, 0.717) is 10.2 Å². The number of nitrogens with one attached hydrogen (secondary N) is 1. The summed E-state index contributed by atoms with van der Waals surface area (Å²) < 4.78 is 45.8. The number of halogens is 2. The fourth-order valence-electron chi connectivity index (χ4n) is 1.66. The highest BCUT2D eigenvalue weighted by Gasteiger charge is 2.18. The first-order valence-electron chi connectivity index (χ1n) is 5.75. The van der Waals surface area contributed by atoms with Crippen molar-refractivity contribution in [2.75, 3.05) is 17.6 Å². The SMILES string of the molecule is COc1ccc(S(=O)(=O)Nc2cc(Br)ccc2F)cc1N. The highest BCUT2D eigenvalue weighted by atomic mass is 79.9. The summed E-state index contributed by atoms with van der Waals surface area (Å²) in [5.74, 6) is -0.314. The zero-order chi connectivity index (χ0) is 15.6. The van der Waals surface area contributed by atoms with Crippen LogP contribution in [0.25, 0.3) is 0 Å². The molecule has 0 spiro atoms. The summed E-state index contributed by atoms with van der Waals surface area (Å²) in [5.41, 5.74) is 5.70. The van der Waals surface area contributed by atoms with Gasteiger partial charge in [0.2, 0.25) is 0 Å². The first-order valence-corrected chi connectivity index (χ1v) is 8.02. The van der Waals surface area contributed by atoms with Crippen molar-refractivity contribution in [3.8, 4) is 5.75 Å². The summed E-state index contributed by atoms with van der Waals surface area (Å²) in [5, 5.41) is 0. The van der Waals surface area contributed by atoms with Crippen molar-refractivity contribution in [1.82, 2.24) is 0 Å². The molecule has 0 heterocycles. The van der Waals surface area contributed by atoms with Crippen LogP contribution in [0.3, 0.4) is 0 Å². The van der Waals surface area contributed by atoms with Crippen molar-refractivity contribution in [3.05, 3.63) is 46.7 Å². The molecule has 2 aromatic rings. The summed E-state index contributed by atoms with van der Waals surface area (Å²) in [4.78, 5) is -0.0832. The second-order valence-electron chi connectivity index (χ2n) is 4.13. The number of nitrogen functional groups attached to an aromatic ring is 1. The molecule has 2 aromatic carbocycles. The van der Waals surface area contributed by atoms with Gasteiger partial charge in [-0.2, -0.15) is 0 Å². The molecule has 0 saturated carbocycles. The zero-order valence-electron chi connectivity index (χ0n) is 10.9. The molecule has 2 rings (SSSR count). The van der Waals surface area contributed by atoms with Crippen LogP contribution in [0.1, 0.15) is 0 Å². The molecular formula is C13H12BrFN2O3S. The maximum absolute atomic E-state index is 13.6. The topological polar surface area (TPSA) is 81.4 Å². The Kier molecular flexibility index (Phi) is 4.38. The van der Waals surface area contributed by atoms with Crippen molar-refractivity contribution in [3.63, 3.8) is 0 Å². The van der Waals surface area contributed by atoms with E-state index in [4.69, 9.17) is 10.5 Å². The third-order valence-corrected chi connectivity index (χ3v) is 4.54. The smallest absolute Gasteiger partial charge is 0.262 e. The van der Waals surface area contributed by atoms with E-state index in [1.165, 1.54) is 37.4 Å². The lowest BCUT2D eigenvalue weighted by Crippen LogP contribution is -2.14. The molecule has 0 aromatic heterocycles. The Bertz CT molecular complexity index is 781. The van der Waals surface area contributed by atoms with Gasteiger partial charge < -0.3 is 10.5 Å². The van der Waals surface area contributed by atoms with Gasteiger partial charge in [0.15, 0.2) is 0 Å². The Morgan fingerprint density at radius 1 is 1.24 bits per heavy atom. The lowest BCUT2D eigenvalue weighted by molar-refractivity contribution is 0.416. The second-order valence-corrected chi connectivity index (χ2v) is 6.73. The summed E-state index contributed by atoms with van der Waals surface area (Å²) in [6, 6.07) is 7.97. The van der Waals surface area contributed by atoms with E-state index in [9.17, 15) is 12.8 Å². The van der Waals surface area contributed by atoms with Crippen LogP contribution in [-0.2, 0) is 10.0 Å².